The molecule has 1 aromatic carbocycles. The van der Waals surface area contributed by atoms with E-state index in [1.165, 1.54) is 6.92 Å². The van der Waals surface area contributed by atoms with E-state index in [-0.39, 0.29) is 5.91 Å². The van der Waals surface area contributed by atoms with Gasteiger partial charge in [-0.3, -0.25) is 9.59 Å². The fraction of sp³-hybridized carbons (Fsp3) is 0.429. The van der Waals surface area contributed by atoms with E-state index in [1.54, 1.807) is 13.8 Å². The van der Waals surface area contributed by atoms with Gasteiger partial charge in [0.2, 0.25) is 5.91 Å². The highest BCUT2D eigenvalue weighted by Gasteiger charge is 2.36. The molecule has 0 saturated heterocycles. The van der Waals surface area contributed by atoms with Crippen LogP contribution in [0.15, 0.2) is 30.3 Å². The Bertz CT molecular complexity index is 457. The number of carboxylic acid groups (broad SMARTS) is 1. The van der Waals surface area contributed by atoms with Crippen molar-refractivity contribution in [3.05, 3.63) is 35.9 Å². The van der Waals surface area contributed by atoms with Gasteiger partial charge in [-0.25, -0.2) is 0 Å². The predicted octanol–water partition coefficient (Wildman–Crippen LogP) is 1.30. The first-order valence-electron chi connectivity index (χ1n) is 6.11. The molecule has 5 nitrogen and oxygen atoms in total. The first-order chi connectivity index (χ1) is 8.76. The Morgan fingerprint density at radius 2 is 1.79 bits per heavy atom. The third-order valence-corrected chi connectivity index (χ3v) is 3.24. The molecule has 0 aliphatic carbocycles. The number of rotatable bonds is 5. The Hall–Kier alpha value is -1.88. The Morgan fingerprint density at radius 3 is 2.26 bits per heavy atom. The molecule has 0 bridgehead atoms. The summed E-state index contributed by atoms with van der Waals surface area (Å²) in [7, 11) is 0. The van der Waals surface area contributed by atoms with E-state index in [1.807, 2.05) is 30.3 Å². The number of nitrogens with one attached hydrogen (secondary N) is 1. The van der Waals surface area contributed by atoms with E-state index in [0.717, 1.165) is 5.56 Å². The summed E-state index contributed by atoms with van der Waals surface area (Å²) >= 11 is 0. The monoisotopic (exact) mass is 264 g/mol. The standard InChI is InChI=1S/C14H20N2O3/c1-9(12(17)18)16-13(19)14(2,3)11(15)10-7-5-4-6-8-10/h4-9,11H,15H2,1-3H3,(H,16,19)(H,17,18). The number of amides is 1. The average Bonchev–Trinajstić information content (AvgIpc) is 2.38. The minimum Gasteiger partial charge on any atom is -0.480 e. The van der Waals surface area contributed by atoms with Crippen molar-refractivity contribution in [1.29, 1.82) is 0 Å². The van der Waals surface area contributed by atoms with Gasteiger partial charge in [0.15, 0.2) is 0 Å². The van der Waals surface area contributed by atoms with Crippen molar-refractivity contribution in [1.82, 2.24) is 5.32 Å². The highest BCUT2D eigenvalue weighted by atomic mass is 16.4. The largest absolute Gasteiger partial charge is 0.480 e. The van der Waals surface area contributed by atoms with Gasteiger partial charge in [0.1, 0.15) is 6.04 Å². The number of carbonyl (C=O) groups is 2. The lowest BCUT2D eigenvalue weighted by molar-refractivity contribution is -0.143. The zero-order chi connectivity index (χ0) is 14.6. The fourth-order valence-corrected chi connectivity index (χ4v) is 1.66. The molecular formula is C14H20N2O3. The summed E-state index contributed by atoms with van der Waals surface area (Å²) in [6, 6.07) is 7.83. The average molecular weight is 264 g/mol. The van der Waals surface area contributed by atoms with Gasteiger partial charge >= 0.3 is 5.97 Å². The third kappa shape index (κ3) is 3.54. The summed E-state index contributed by atoms with van der Waals surface area (Å²) in [6.45, 7) is 4.83. The van der Waals surface area contributed by atoms with Crippen LogP contribution in [0.4, 0.5) is 0 Å². The molecule has 0 spiro atoms. The molecule has 1 rings (SSSR count). The first-order valence-corrected chi connectivity index (χ1v) is 6.11. The highest BCUT2D eigenvalue weighted by Crippen LogP contribution is 2.31. The zero-order valence-electron chi connectivity index (χ0n) is 11.4. The molecule has 2 atom stereocenters. The first kappa shape index (κ1) is 15.2. The van der Waals surface area contributed by atoms with Gasteiger partial charge < -0.3 is 16.2 Å². The Morgan fingerprint density at radius 1 is 1.26 bits per heavy atom. The summed E-state index contributed by atoms with van der Waals surface area (Å²) in [5.41, 5.74) is 6.06. The van der Waals surface area contributed by atoms with Crippen LogP contribution in [0.25, 0.3) is 0 Å². The number of hydrogen-bond acceptors (Lipinski definition) is 3. The Labute approximate surface area is 112 Å². The van der Waals surface area contributed by atoms with Crippen LogP contribution in [0.5, 0.6) is 0 Å². The summed E-state index contributed by atoms with van der Waals surface area (Å²) in [5.74, 6) is -1.45. The Balaban J connectivity index is 2.85. The minimum atomic E-state index is -1.07. The summed E-state index contributed by atoms with van der Waals surface area (Å²) in [6.07, 6.45) is 0. The lowest BCUT2D eigenvalue weighted by Crippen LogP contribution is -2.49. The van der Waals surface area contributed by atoms with Crippen molar-refractivity contribution in [2.45, 2.75) is 32.9 Å². The van der Waals surface area contributed by atoms with Crippen LogP contribution in [0.3, 0.4) is 0 Å². The van der Waals surface area contributed by atoms with Gasteiger partial charge in [0.05, 0.1) is 5.41 Å². The zero-order valence-corrected chi connectivity index (χ0v) is 11.4. The van der Waals surface area contributed by atoms with Crippen LogP contribution < -0.4 is 11.1 Å². The maximum atomic E-state index is 12.1. The van der Waals surface area contributed by atoms with Crippen LogP contribution in [-0.4, -0.2) is 23.0 Å². The van der Waals surface area contributed by atoms with Crippen molar-refractivity contribution in [3.63, 3.8) is 0 Å². The van der Waals surface area contributed by atoms with Crippen LogP contribution >= 0.6 is 0 Å². The molecule has 0 heterocycles. The SMILES string of the molecule is CC(NC(=O)C(C)(C)C(N)c1ccccc1)C(=O)O. The molecule has 1 aromatic rings. The van der Waals surface area contributed by atoms with Crippen molar-refractivity contribution in [2.24, 2.45) is 11.1 Å². The molecular weight excluding hydrogens is 244 g/mol. The van der Waals surface area contributed by atoms with E-state index in [2.05, 4.69) is 5.32 Å². The van der Waals surface area contributed by atoms with Gasteiger partial charge in [-0.2, -0.15) is 0 Å². The maximum Gasteiger partial charge on any atom is 0.325 e. The van der Waals surface area contributed by atoms with Gasteiger partial charge in [0.25, 0.3) is 0 Å². The molecule has 19 heavy (non-hydrogen) atoms. The lowest BCUT2D eigenvalue weighted by atomic mass is 9.80. The molecule has 0 saturated carbocycles. The fourth-order valence-electron chi connectivity index (χ4n) is 1.66. The van der Waals surface area contributed by atoms with Gasteiger partial charge in [-0.15, -0.1) is 0 Å². The summed E-state index contributed by atoms with van der Waals surface area (Å²) in [4.78, 5) is 22.9. The van der Waals surface area contributed by atoms with Gasteiger partial charge in [-0.05, 0) is 26.3 Å². The number of carboxylic acids is 1. The predicted molar refractivity (Wildman–Crippen MR) is 72.4 cm³/mol. The van der Waals surface area contributed by atoms with Crippen molar-refractivity contribution >= 4 is 11.9 Å². The number of nitrogens with two attached hydrogens (primary N) is 1. The molecule has 0 radical (unpaired) electrons. The van der Waals surface area contributed by atoms with Crippen LogP contribution in [0.2, 0.25) is 0 Å². The van der Waals surface area contributed by atoms with E-state index < -0.39 is 23.5 Å². The second-order valence-corrected chi connectivity index (χ2v) is 5.14. The smallest absolute Gasteiger partial charge is 0.325 e. The summed E-state index contributed by atoms with van der Waals surface area (Å²) < 4.78 is 0. The van der Waals surface area contributed by atoms with Gasteiger partial charge in [0, 0.05) is 6.04 Å². The Kier molecular flexibility index (Phi) is 4.67. The minimum absolute atomic E-state index is 0.376. The molecule has 0 aliphatic heterocycles. The van der Waals surface area contributed by atoms with Crippen molar-refractivity contribution in [3.8, 4) is 0 Å². The van der Waals surface area contributed by atoms with Gasteiger partial charge in [-0.1, -0.05) is 30.3 Å². The van der Waals surface area contributed by atoms with Crippen LogP contribution in [-0.2, 0) is 9.59 Å². The number of carbonyl (C=O) groups excluding carboxylic acids is 1. The lowest BCUT2D eigenvalue weighted by Gasteiger charge is -2.31. The molecule has 5 heteroatoms. The molecule has 2 unspecified atom stereocenters. The third-order valence-electron chi connectivity index (χ3n) is 3.24. The number of benzene rings is 1. The molecule has 4 N–H and O–H groups in total. The van der Waals surface area contributed by atoms with Crippen LogP contribution in [0.1, 0.15) is 32.4 Å². The number of aliphatic carboxylic acids is 1. The highest BCUT2D eigenvalue weighted by molar-refractivity contribution is 5.87. The second-order valence-electron chi connectivity index (χ2n) is 5.14. The van der Waals surface area contributed by atoms with E-state index in [0.29, 0.717) is 0 Å². The van der Waals surface area contributed by atoms with E-state index in [9.17, 15) is 9.59 Å². The molecule has 104 valence electrons. The topological polar surface area (TPSA) is 92.4 Å². The normalized spacial score (nSPS) is 14.5. The van der Waals surface area contributed by atoms with Crippen molar-refractivity contribution in [2.75, 3.05) is 0 Å². The quantitative estimate of drug-likeness (QED) is 0.747. The molecule has 0 aromatic heterocycles. The van der Waals surface area contributed by atoms with E-state index in [4.69, 9.17) is 10.8 Å². The molecule has 0 fully saturated rings. The number of hydrogen-bond donors (Lipinski definition) is 3. The van der Waals surface area contributed by atoms with Crippen molar-refractivity contribution < 1.29 is 14.7 Å². The molecule has 1 amide bonds. The second kappa shape index (κ2) is 5.84. The molecule has 0 aliphatic rings. The summed E-state index contributed by atoms with van der Waals surface area (Å²) in [5, 5.41) is 11.3. The van der Waals surface area contributed by atoms with Crippen LogP contribution in [0, 0.1) is 5.41 Å². The van der Waals surface area contributed by atoms with E-state index >= 15 is 0 Å². The maximum absolute atomic E-state index is 12.1.